The molecule has 2 heterocycles. The summed E-state index contributed by atoms with van der Waals surface area (Å²) in [5, 5.41) is 1.51. The van der Waals surface area contributed by atoms with Crippen LogP contribution in [0.25, 0.3) is 33.3 Å². The minimum Gasteiger partial charge on any atom is -0.497 e. The molecule has 5 aromatic rings. The summed E-state index contributed by atoms with van der Waals surface area (Å²) in [5.41, 5.74) is 1.53. The standard InChI is InChI=1S/C25H16O6/c1-28-17-8-6-15(7-9-17)25(27)29-18-10-11-22-19(13-18)20(14-24(26)31-22)23-12-16-4-2-3-5-21(16)30-23/h2-14H,1H3. The average Bonchev–Trinajstić information content (AvgIpc) is 3.23. The summed E-state index contributed by atoms with van der Waals surface area (Å²) in [4.78, 5) is 24.6. The van der Waals surface area contributed by atoms with E-state index in [0.29, 0.717) is 44.9 Å². The molecule has 0 unspecified atom stereocenters. The van der Waals surface area contributed by atoms with Crippen molar-refractivity contribution in [2.75, 3.05) is 7.11 Å². The van der Waals surface area contributed by atoms with Crippen molar-refractivity contribution in [1.82, 2.24) is 0 Å². The van der Waals surface area contributed by atoms with Gasteiger partial charge in [-0.25, -0.2) is 9.59 Å². The van der Waals surface area contributed by atoms with Crippen molar-refractivity contribution in [3.63, 3.8) is 0 Å². The Morgan fingerprint density at radius 1 is 0.806 bits per heavy atom. The van der Waals surface area contributed by atoms with E-state index in [-0.39, 0.29) is 0 Å². The molecule has 0 aliphatic rings. The molecule has 0 aliphatic heterocycles. The van der Waals surface area contributed by atoms with Crippen molar-refractivity contribution < 1.29 is 23.1 Å². The molecule has 2 aromatic heterocycles. The van der Waals surface area contributed by atoms with Gasteiger partial charge in [-0.2, -0.15) is 0 Å². The Kier molecular flexibility index (Phi) is 4.52. The van der Waals surface area contributed by atoms with Crippen LogP contribution in [0.5, 0.6) is 11.5 Å². The van der Waals surface area contributed by atoms with Gasteiger partial charge >= 0.3 is 11.6 Å². The van der Waals surface area contributed by atoms with E-state index in [4.69, 9.17) is 18.3 Å². The van der Waals surface area contributed by atoms with Gasteiger partial charge in [-0.15, -0.1) is 0 Å². The number of furan rings is 1. The lowest BCUT2D eigenvalue weighted by Gasteiger charge is -2.08. The first-order chi connectivity index (χ1) is 15.1. The predicted octanol–water partition coefficient (Wildman–Crippen LogP) is 5.43. The van der Waals surface area contributed by atoms with Crippen LogP contribution < -0.4 is 15.1 Å². The molecular weight excluding hydrogens is 396 g/mol. The molecule has 0 saturated heterocycles. The van der Waals surface area contributed by atoms with Gasteiger partial charge in [-0.05, 0) is 54.6 Å². The predicted molar refractivity (Wildman–Crippen MR) is 116 cm³/mol. The first-order valence-corrected chi connectivity index (χ1v) is 9.54. The zero-order valence-corrected chi connectivity index (χ0v) is 16.5. The minimum absolute atomic E-state index is 0.319. The Labute approximate surface area is 176 Å². The number of carbonyl (C=O) groups is 1. The zero-order chi connectivity index (χ0) is 21.4. The van der Waals surface area contributed by atoms with Gasteiger partial charge in [0.1, 0.15) is 28.4 Å². The number of rotatable bonds is 4. The molecule has 0 fully saturated rings. The van der Waals surface area contributed by atoms with E-state index < -0.39 is 11.6 Å². The largest absolute Gasteiger partial charge is 0.497 e. The van der Waals surface area contributed by atoms with Crippen LogP contribution in [-0.2, 0) is 0 Å². The summed E-state index contributed by atoms with van der Waals surface area (Å²) in [6, 6.07) is 22.3. The third-order valence-corrected chi connectivity index (χ3v) is 4.94. The first kappa shape index (κ1) is 18.7. The van der Waals surface area contributed by atoms with Gasteiger partial charge in [0.25, 0.3) is 0 Å². The number of esters is 1. The Morgan fingerprint density at radius 2 is 1.58 bits per heavy atom. The second-order valence-corrected chi connectivity index (χ2v) is 6.90. The zero-order valence-electron chi connectivity index (χ0n) is 16.5. The molecule has 6 nitrogen and oxygen atoms in total. The van der Waals surface area contributed by atoms with E-state index in [1.807, 2.05) is 30.3 Å². The molecule has 31 heavy (non-hydrogen) atoms. The average molecular weight is 412 g/mol. The van der Waals surface area contributed by atoms with E-state index >= 15 is 0 Å². The molecule has 0 bridgehead atoms. The van der Waals surface area contributed by atoms with Crippen molar-refractivity contribution in [3.8, 4) is 22.8 Å². The molecule has 0 spiro atoms. The van der Waals surface area contributed by atoms with Gasteiger partial charge in [-0.1, -0.05) is 18.2 Å². The highest BCUT2D eigenvalue weighted by Crippen LogP contribution is 2.33. The smallest absolute Gasteiger partial charge is 0.343 e. The van der Waals surface area contributed by atoms with Crippen LogP contribution in [0.3, 0.4) is 0 Å². The quantitative estimate of drug-likeness (QED) is 0.222. The summed E-state index contributed by atoms with van der Waals surface area (Å²) in [6.45, 7) is 0. The van der Waals surface area contributed by atoms with Crippen molar-refractivity contribution in [3.05, 3.63) is 94.8 Å². The molecule has 5 rings (SSSR count). The lowest BCUT2D eigenvalue weighted by Crippen LogP contribution is -2.08. The fourth-order valence-corrected chi connectivity index (χ4v) is 3.42. The van der Waals surface area contributed by atoms with Crippen LogP contribution in [-0.4, -0.2) is 13.1 Å². The molecule has 0 atom stereocenters. The Balaban J connectivity index is 1.55. The molecule has 3 aromatic carbocycles. The van der Waals surface area contributed by atoms with Gasteiger partial charge in [0.2, 0.25) is 0 Å². The van der Waals surface area contributed by atoms with Gasteiger partial charge in [-0.3, -0.25) is 0 Å². The second-order valence-electron chi connectivity index (χ2n) is 6.90. The van der Waals surface area contributed by atoms with Crippen LogP contribution in [0.2, 0.25) is 0 Å². The highest BCUT2D eigenvalue weighted by atomic mass is 16.5. The number of ether oxygens (including phenoxy) is 2. The molecule has 6 heteroatoms. The van der Waals surface area contributed by atoms with Gasteiger partial charge in [0.05, 0.1) is 12.7 Å². The highest BCUT2D eigenvalue weighted by molar-refractivity contribution is 5.96. The van der Waals surface area contributed by atoms with Crippen LogP contribution >= 0.6 is 0 Å². The van der Waals surface area contributed by atoms with Crippen molar-refractivity contribution in [2.24, 2.45) is 0 Å². The first-order valence-electron chi connectivity index (χ1n) is 9.54. The summed E-state index contributed by atoms with van der Waals surface area (Å²) < 4.78 is 21.9. The summed E-state index contributed by atoms with van der Waals surface area (Å²) >= 11 is 0. The number of hydrogen-bond donors (Lipinski definition) is 0. The molecule has 0 N–H and O–H groups in total. The maximum absolute atomic E-state index is 12.5. The van der Waals surface area contributed by atoms with E-state index in [2.05, 4.69) is 0 Å². The molecule has 0 saturated carbocycles. The third kappa shape index (κ3) is 3.55. The number of para-hydroxylation sites is 1. The van der Waals surface area contributed by atoms with Gasteiger partial charge in [0, 0.05) is 22.4 Å². The summed E-state index contributed by atoms with van der Waals surface area (Å²) in [5.74, 6) is 0.981. The third-order valence-electron chi connectivity index (χ3n) is 4.94. The van der Waals surface area contributed by atoms with E-state index in [1.165, 1.54) is 6.07 Å². The minimum atomic E-state index is -0.510. The molecule has 152 valence electrons. The Bertz CT molecular complexity index is 1440. The SMILES string of the molecule is COc1ccc(C(=O)Oc2ccc3oc(=O)cc(-c4cc5ccccc5o4)c3c2)cc1. The van der Waals surface area contributed by atoms with Crippen molar-refractivity contribution in [2.45, 2.75) is 0 Å². The topological polar surface area (TPSA) is 78.9 Å². The van der Waals surface area contributed by atoms with E-state index in [1.54, 1.807) is 49.6 Å². The summed E-state index contributed by atoms with van der Waals surface area (Å²) in [6.07, 6.45) is 0. The molecule has 0 radical (unpaired) electrons. The van der Waals surface area contributed by atoms with Gasteiger partial charge < -0.3 is 18.3 Å². The molecule has 0 amide bonds. The van der Waals surface area contributed by atoms with Gasteiger partial charge in [0.15, 0.2) is 0 Å². The lowest BCUT2D eigenvalue weighted by atomic mass is 10.1. The Morgan fingerprint density at radius 3 is 2.35 bits per heavy atom. The lowest BCUT2D eigenvalue weighted by molar-refractivity contribution is 0.0735. The molecular formula is C25H16O6. The normalized spacial score (nSPS) is 11.0. The van der Waals surface area contributed by atoms with Crippen molar-refractivity contribution >= 4 is 27.9 Å². The monoisotopic (exact) mass is 412 g/mol. The van der Waals surface area contributed by atoms with E-state index in [0.717, 1.165) is 5.39 Å². The number of carbonyl (C=O) groups excluding carboxylic acids is 1. The van der Waals surface area contributed by atoms with Crippen LogP contribution in [0, 0.1) is 0 Å². The maximum atomic E-state index is 12.5. The van der Waals surface area contributed by atoms with Crippen LogP contribution in [0.4, 0.5) is 0 Å². The fourth-order valence-electron chi connectivity index (χ4n) is 3.42. The van der Waals surface area contributed by atoms with E-state index in [9.17, 15) is 9.59 Å². The van der Waals surface area contributed by atoms with Crippen molar-refractivity contribution in [1.29, 1.82) is 0 Å². The second kappa shape index (κ2) is 7.50. The maximum Gasteiger partial charge on any atom is 0.343 e. The number of benzene rings is 3. The number of fused-ring (bicyclic) bond motifs is 2. The summed E-state index contributed by atoms with van der Waals surface area (Å²) in [7, 11) is 1.56. The fraction of sp³-hybridized carbons (Fsp3) is 0.0400. The number of hydrogen-bond acceptors (Lipinski definition) is 6. The number of methoxy groups -OCH3 is 1. The Hall–Kier alpha value is -4.32. The highest BCUT2D eigenvalue weighted by Gasteiger charge is 2.15. The molecule has 0 aliphatic carbocycles. The van der Waals surface area contributed by atoms with Crippen LogP contribution in [0.1, 0.15) is 10.4 Å². The van der Waals surface area contributed by atoms with Crippen LogP contribution in [0.15, 0.2) is 92.5 Å².